The van der Waals surface area contributed by atoms with E-state index in [0.29, 0.717) is 22.5 Å². The number of aromatic nitrogens is 2. The molecule has 0 atom stereocenters. The van der Waals surface area contributed by atoms with Gasteiger partial charge in [0.2, 0.25) is 0 Å². The van der Waals surface area contributed by atoms with Gasteiger partial charge in [-0.25, -0.2) is 9.97 Å². The predicted molar refractivity (Wildman–Crippen MR) is 104 cm³/mol. The summed E-state index contributed by atoms with van der Waals surface area (Å²) < 4.78 is 5.17. The first-order valence-corrected chi connectivity index (χ1v) is 7.95. The first kappa shape index (κ1) is 19.7. The van der Waals surface area contributed by atoms with Crippen LogP contribution < -0.4 is 9.64 Å². The fraction of sp³-hybridized carbons (Fsp3) is 0.176. The van der Waals surface area contributed by atoms with Crippen molar-refractivity contribution in [2.75, 3.05) is 19.1 Å². The Kier molecular flexibility index (Phi) is 6.18. The van der Waals surface area contributed by atoms with Crippen molar-refractivity contribution in [1.29, 1.82) is 0 Å². The van der Waals surface area contributed by atoms with Gasteiger partial charge in [0, 0.05) is 24.9 Å². The molecule has 0 spiro atoms. The second-order valence-electron chi connectivity index (χ2n) is 5.31. The van der Waals surface area contributed by atoms with E-state index in [9.17, 15) is 10.1 Å². The molecule has 1 heterocycles. The summed E-state index contributed by atoms with van der Waals surface area (Å²) in [5.41, 5.74) is 1.44. The maximum atomic E-state index is 11.1. The van der Waals surface area contributed by atoms with Crippen molar-refractivity contribution >= 4 is 52.1 Å². The molecule has 3 aromatic rings. The van der Waals surface area contributed by atoms with Crippen molar-refractivity contribution in [2.45, 2.75) is 5.88 Å². The third kappa shape index (κ3) is 3.79. The number of fused-ring (bicyclic) bond motifs is 1. The molecule has 0 aliphatic carbocycles. The first-order valence-electron chi connectivity index (χ1n) is 7.42. The molecule has 3 rings (SSSR count). The molecule has 0 aliphatic heterocycles. The van der Waals surface area contributed by atoms with E-state index in [2.05, 4.69) is 9.97 Å². The average Bonchev–Trinajstić information content (AvgIpc) is 2.66. The van der Waals surface area contributed by atoms with Gasteiger partial charge in [-0.05, 0) is 30.3 Å². The van der Waals surface area contributed by atoms with Gasteiger partial charge in [-0.1, -0.05) is 0 Å². The highest BCUT2D eigenvalue weighted by Gasteiger charge is 2.16. The SMILES string of the molecule is COc1ccc(N(C)c2nc(CCl)nc3ccc([N+](=O)[O-])cc23)cc1.Cl. The zero-order chi connectivity index (χ0) is 18.0. The highest BCUT2D eigenvalue weighted by atomic mass is 35.5. The van der Waals surface area contributed by atoms with E-state index in [1.165, 1.54) is 12.1 Å². The van der Waals surface area contributed by atoms with Gasteiger partial charge in [0.1, 0.15) is 17.4 Å². The molecule has 9 heteroatoms. The fourth-order valence-electron chi connectivity index (χ4n) is 2.50. The van der Waals surface area contributed by atoms with Crippen LogP contribution in [0.5, 0.6) is 5.75 Å². The summed E-state index contributed by atoms with van der Waals surface area (Å²) in [5, 5.41) is 11.7. The zero-order valence-electron chi connectivity index (χ0n) is 14.0. The largest absolute Gasteiger partial charge is 0.497 e. The Balaban J connectivity index is 0.00000243. The monoisotopic (exact) mass is 394 g/mol. The quantitative estimate of drug-likeness (QED) is 0.360. The molecule has 7 nitrogen and oxygen atoms in total. The number of non-ortho nitro benzene ring substituents is 1. The van der Waals surface area contributed by atoms with Gasteiger partial charge in [-0.2, -0.15) is 0 Å². The molecule has 26 heavy (non-hydrogen) atoms. The lowest BCUT2D eigenvalue weighted by molar-refractivity contribution is -0.384. The molecule has 0 unspecified atom stereocenters. The number of nitro groups is 1. The van der Waals surface area contributed by atoms with Crippen LogP contribution in [-0.4, -0.2) is 29.0 Å². The minimum absolute atomic E-state index is 0. The number of benzene rings is 2. The van der Waals surface area contributed by atoms with E-state index >= 15 is 0 Å². The standard InChI is InChI=1S/C17H15ClN4O3.ClH/c1-21(11-3-6-13(25-2)7-4-11)17-14-9-12(22(23)24)5-8-15(14)19-16(10-18)20-17;/h3-9H,10H2,1-2H3;1H. The number of rotatable bonds is 5. The zero-order valence-corrected chi connectivity index (χ0v) is 15.6. The van der Waals surface area contributed by atoms with Crippen LogP contribution in [0.4, 0.5) is 17.2 Å². The second-order valence-corrected chi connectivity index (χ2v) is 5.58. The van der Waals surface area contributed by atoms with Crippen LogP contribution in [-0.2, 0) is 5.88 Å². The molecule has 0 N–H and O–H groups in total. The Bertz CT molecular complexity index is 935. The van der Waals surface area contributed by atoms with Crippen LogP contribution in [0.1, 0.15) is 5.82 Å². The molecule has 0 aliphatic rings. The van der Waals surface area contributed by atoms with Gasteiger partial charge in [0.15, 0.2) is 0 Å². The van der Waals surface area contributed by atoms with Crippen LogP contribution in [0.2, 0.25) is 0 Å². The van der Waals surface area contributed by atoms with Gasteiger partial charge in [-0.15, -0.1) is 24.0 Å². The lowest BCUT2D eigenvalue weighted by Gasteiger charge is -2.20. The highest BCUT2D eigenvalue weighted by molar-refractivity contribution is 6.16. The van der Waals surface area contributed by atoms with Crippen LogP contribution >= 0.6 is 24.0 Å². The molecular weight excluding hydrogens is 379 g/mol. The molecule has 1 aromatic heterocycles. The third-order valence-corrected chi connectivity index (χ3v) is 4.05. The summed E-state index contributed by atoms with van der Waals surface area (Å²) in [7, 11) is 3.43. The molecule has 2 aromatic carbocycles. The fourth-order valence-corrected chi connectivity index (χ4v) is 2.62. The van der Waals surface area contributed by atoms with Crippen molar-refractivity contribution < 1.29 is 9.66 Å². The minimum Gasteiger partial charge on any atom is -0.497 e. The minimum atomic E-state index is -0.438. The Morgan fingerprint density at radius 2 is 1.88 bits per heavy atom. The number of hydrogen-bond donors (Lipinski definition) is 0. The number of nitro benzene ring substituents is 1. The maximum Gasteiger partial charge on any atom is 0.270 e. The highest BCUT2D eigenvalue weighted by Crippen LogP contribution is 2.32. The Labute approximate surface area is 161 Å². The molecule has 0 radical (unpaired) electrons. The normalized spacial score (nSPS) is 10.3. The number of alkyl halides is 1. The molecule has 0 bridgehead atoms. The van der Waals surface area contributed by atoms with E-state index in [1.807, 2.05) is 36.2 Å². The smallest absolute Gasteiger partial charge is 0.270 e. The van der Waals surface area contributed by atoms with Crippen molar-refractivity contribution in [2.24, 2.45) is 0 Å². The Morgan fingerprint density at radius 1 is 1.19 bits per heavy atom. The van der Waals surface area contributed by atoms with Crippen LogP contribution in [0.25, 0.3) is 10.9 Å². The van der Waals surface area contributed by atoms with Crippen LogP contribution in [0, 0.1) is 10.1 Å². The maximum absolute atomic E-state index is 11.1. The lowest BCUT2D eigenvalue weighted by Crippen LogP contribution is -2.13. The number of nitrogens with zero attached hydrogens (tertiary/aromatic N) is 4. The summed E-state index contributed by atoms with van der Waals surface area (Å²) in [5.74, 6) is 1.89. The van der Waals surface area contributed by atoms with E-state index in [4.69, 9.17) is 16.3 Å². The van der Waals surface area contributed by atoms with Gasteiger partial charge < -0.3 is 9.64 Å². The number of methoxy groups -OCH3 is 1. The van der Waals surface area contributed by atoms with Gasteiger partial charge >= 0.3 is 0 Å². The summed E-state index contributed by atoms with van der Waals surface area (Å²) in [6.07, 6.45) is 0. The van der Waals surface area contributed by atoms with Crippen LogP contribution in [0.3, 0.4) is 0 Å². The lowest BCUT2D eigenvalue weighted by atomic mass is 10.2. The average molecular weight is 395 g/mol. The Morgan fingerprint density at radius 3 is 2.46 bits per heavy atom. The second kappa shape index (κ2) is 8.16. The number of hydrogen-bond acceptors (Lipinski definition) is 6. The molecule has 0 saturated heterocycles. The van der Waals surface area contributed by atoms with E-state index in [-0.39, 0.29) is 24.0 Å². The van der Waals surface area contributed by atoms with Crippen molar-refractivity contribution in [3.05, 3.63) is 58.4 Å². The molecule has 0 fully saturated rings. The topological polar surface area (TPSA) is 81.4 Å². The van der Waals surface area contributed by atoms with Gasteiger partial charge in [-0.3, -0.25) is 10.1 Å². The third-order valence-electron chi connectivity index (χ3n) is 3.81. The van der Waals surface area contributed by atoms with E-state index in [0.717, 1.165) is 11.4 Å². The van der Waals surface area contributed by atoms with Crippen molar-refractivity contribution in [1.82, 2.24) is 9.97 Å². The summed E-state index contributed by atoms with van der Waals surface area (Å²) in [6.45, 7) is 0. The van der Waals surface area contributed by atoms with Crippen molar-refractivity contribution in [3.8, 4) is 5.75 Å². The van der Waals surface area contributed by atoms with Crippen molar-refractivity contribution in [3.63, 3.8) is 0 Å². The summed E-state index contributed by atoms with van der Waals surface area (Å²) in [6, 6.07) is 11.9. The first-order chi connectivity index (χ1) is 12.0. The number of halogens is 2. The molecular formula is C17H16Cl2N4O3. The molecule has 0 saturated carbocycles. The van der Waals surface area contributed by atoms with Crippen LogP contribution in [0.15, 0.2) is 42.5 Å². The molecule has 0 amide bonds. The van der Waals surface area contributed by atoms with Gasteiger partial charge in [0.05, 0.1) is 28.8 Å². The van der Waals surface area contributed by atoms with E-state index in [1.54, 1.807) is 13.2 Å². The van der Waals surface area contributed by atoms with Gasteiger partial charge in [0.25, 0.3) is 5.69 Å². The summed E-state index contributed by atoms with van der Waals surface area (Å²) >= 11 is 5.90. The predicted octanol–water partition coefficient (Wildman–Crippen LogP) is 4.48. The van der Waals surface area contributed by atoms with E-state index < -0.39 is 4.92 Å². The number of anilines is 2. The molecule has 136 valence electrons. The summed E-state index contributed by atoms with van der Waals surface area (Å²) in [4.78, 5) is 21.3. The Hall–Kier alpha value is -2.64. The number of ether oxygens (including phenoxy) is 1.